The number of ether oxygens (including phenoxy) is 1. The Morgan fingerprint density at radius 2 is 1.82 bits per heavy atom. The summed E-state index contributed by atoms with van der Waals surface area (Å²) in [4.78, 5) is 13.1. The van der Waals surface area contributed by atoms with Crippen LogP contribution < -0.4 is 5.32 Å². The van der Waals surface area contributed by atoms with Crippen LogP contribution in [-0.4, -0.2) is 23.9 Å². The monoisotopic (exact) mass is 456 g/mol. The number of amides is 1. The van der Waals surface area contributed by atoms with Gasteiger partial charge in [0.05, 0.1) is 28.0 Å². The number of nitrogens with zero attached hydrogens (tertiary/aromatic N) is 1. The van der Waals surface area contributed by atoms with Gasteiger partial charge in [-0.15, -0.1) is 11.8 Å². The molecule has 0 unspecified atom stereocenters. The third-order valence-electron chi connectivity index (χ3n) is 3.70. The molecule has 0 saturated carbocycles. The van der Waals surface area contributed by atoms with Crippen LogP contribution in [-0.2, 0) is 16.1 Å². The van der Waals surface area contributed by atoms with E-state index in [9.17, 15) is 4.79 Å². The van der Waals surface area contributed by atoms with E-state index in [0.717, 1.165) is 5.56 Å². The molecule has 1 N–H and O–H groups in total. The molecule has 1 aromatic heterocycles. The second kappa shape index (κ2) is 9.67. The van der Waals surface area contributed by atoms with Crippen molar-refractivity contribution in [3.8, 4) is 11.1 Å². The van der Waals surface area contributed by atoms with E-state index >= 15 is 0 Å². The number of hydrogen-bond donors (Lipinski definition) is 1. The lowest BCUT2D eigenvalue weighted by molar-refractivity contribution is -0.113. The number of halogens is 3. The van der Waals surface area contributed by atoms with Crippen molar-refractivity contribution in [2.24, 2.45) is 0 Å². The Hall–Kier alpha value is -1.70. The quantitative estimate of drug-likeness (QED) is 0.429. The Labute approximate surface area is 181 Å². The maximum absolute atomic E-state index is 12.5. The lowest BCUT2D eigenvalue weighted by Crippen LogP contribution is -2.14. The molecule has 0 bridgehead atoms. The van der Waals surface area contributed by atoms with Crippen molar-refractivity contribution >= 4 is 58.4 Å². The van der Waals surface area contributed by atoms with Gasteiger partial charge in [-0.1, -0.05) is 58.2 Å². The van der Waals surface area contributed by atoms with E-state index in [1.54, 1.807) is 37.4 Å². The summed E-state index contributed by atoms with van der Waals surface area (Å²) in [5, 5.41) is 8.35. The van der Waals surface area contributed by atoms with Crippen LogP contribution in [0.1, 0.15) is 5.69 Å². The number of aromatic nitrogens is 1. The fourth-order valence-corrected chi connectivity index (χ4v) is 4.09. The average Bonchev–Trinajstić information content (AvgIpc) is 3.04. The lowest BCUT2D eigenvalue weighted by Gasteiger charge is -2.08. The van der Waals surface area contributed by atoms with Crippen molar-refractivity contribution in [3.05, 3.63) is 63.2 Å². The van der Waals surface area contributed by atoms with Gasteiger partial charge < -0.3 is 9.26 Å². The van der Waals surface area contributed by atoms with Crippen molar-refractivity contribution < 1.29 is 14.1 Å². The Balaban J connectivity index is 1.78. The summed E-state index contributed by atoms with van der Waals surface area (Å²) >= 11 is 19.5. The van der Waals surface area contributed by atoms with Crippen LogP contribution in [0.25, 0.3) is 11.1 Å². The number of anilines is 1. The van der Waals surface area contributed by atoms with Gasteiger partial charge in [0.1, 0.15) is 5.69 Å². The lowest BCUT2D eigenvalue weighted by atomic mass is 10.1. The second-order valence-corrected chi connectivity index (χ2v) is 7.90. The molecule has 0 saturated heterocycles. The average molecular weight is 458 g/mol. The molecular weight excluding hydrogens is 443 g/mol. The summed E-state index contributed by atoms with van der Waals surface area (Å²) in [7, 11) is 1.56. The molecule has 2 aromatic carbocycles. The van der Waals surface area contributed by atoms with Gasteiger partial charge in [0.2, 0.25) is 11.8 Å². The molecule has 1 amide bonds. The summed E-state index contributed by atoms with van der Waals surface area (Å²) in [5.41, 5.74) is 2.02. The van der Waals surface area contributed by atoms with Gasteiger partial charge in [-0.25, -0.2) is 0 Å². The first kappa shape index (κ1) is 21.0. The molecule has 1 heterocycles. The van der Waals surface area contributed by atoms with Crippen molar-refractivity contribution in [2.45, 2.75) is 11.5 Å². The van der Waals surface area contributed by atoms with Gasteiger partial charge in [-0.3, -0.25) is 10.1 Å². The predicted molar refractivity (Wildman–Crippen MR) is 113 cm³/mol. The molecule has 3 rings (SSSR count). The minimum atomic E-state index is -0.281. The van der Waals surface area contributed by atoms with Crippen LogP contribution in [0.3, 0.4) is 0 Å². The summed E-state index contributed by atoms with van der Waals surface area (Å²) < 4.78 is 10.5. The topological polar surface area (TPSA) is 64.4 Å². The van der Waals surface area contributed by atoms with Gasteiger partial charge in [0, 0.05) is 17.0 Å². The van der Waals surface area contributed by atoms with Crippen LogP contribution in [0, 0.1) is 0 Å². The number of nitrogens with one attached hydrogen (secondary N) is 1. The summed E-state index contributed by atoms with van der Waals surface area (Å²) in [6.07, 6.45) is 0. The zero-order valence-electron chi connectivity index (χ0n) is 14.7. The van der Waals surface area contributed by atoms with E-state index in [4.69, 9.17) is 44.1 Å². The zero-order valence-corrected chi connectivity index (χ0v) is 17.8. The van der Waals surface area contributed by atoms with Gasteiger partial charge in [-0.2, -0.15) is 0 Å². The highest BCUT2D eigenvalue weighted by molar-refractivity contribution is 8.00. The van der Waals surface area contributed by atoms with Crippen molar-refractivity contribution in [1.29, 1.82) is 0 Å². The molecular formula is C19H15Cl3N2O3S. The number of hydrogen-bond acceptors (Lipinski definition) is 5. The van der Waals surface area contributed by atoms with E-state index < -0.39 is 0 Å². The Kier molecular flexibility index (Phi) is 7.26. The Bertz CT molecular complexity index is 957. The molecule has 3 aromatic rings. The molecule has 0 aliphatic heterocycles. The van der Waals surface area contributed by atoms with Crippen molar-refractivity contribution in [3.63, 3.8) is 0 Å². The first-order chi connectivity index (χ1) is 13.5. The van der Waals surface area contributed by atoms with Gasteiger partial charge in [-0.05, 0) is 29.8 Å². The Morgan fingerprint density at radius 1 is 1.14 bits per heavy atom. The third-order valence-corrected chi connectivity index (χ3v) is 5.94. The minimum absolute atomic E-state index is 0.101. The van der Waals surface area contributed by atoms with Crippen molar-refractivity contribution in [2.75, 3.05) is 18.2 Å². The number of benzene rings is 2. The van der Waals surface area contributed by atoms with E-state index in [1.165, 1.54) is 11.8 Å². The summed E-state index contributed by atoms with van der Waals surface area (Å²) in [6.45, 7) is 0.237. The maximum Gasteiger partial charge on any atom is 0.239 e. The standard InChI is InChI=1S/C19H15Cl3N2O3S/c1-26-9-15-17(11-5-7-12(20)8-6-11)19(27-24-15)23-16(25)10-28-18-13(21)3-2-4-14(18)22/h2-8H,9-10H2,1H3,(H,23,25). The summed E-state index contributed by atoms with van der Waals surface area (Å²) in [5.74, 6) is 0.0608. The predicted octanol–water partition coefficient (Wildman–Crippen LogP) is 6.18. The number of carbonyl (C=O) groups excluding carboxylic acids is 1. The van der Waals surface area contributed by atoms with Gasteiger partial charge >= 0.3 is 0 Å². The minimum Gasteiger partial charge on any atom is -0.378 e. The number of carbonyl (C=O) groups is 1. The molecule has 0 radical (unpaired) electrons. The zero-order chi connectivity index (χ0) is 20.1. The SMILES string of the molecule is COCc1noc(NC(=O)CSc2c(Cl)cccc2Cl)c1-c1ccc(Cl)cc1. The van der Waals surface area contributed by atoms with Crippen LogP contribution in [0.5, 0.6) is 0 Å². The smallest absolute Gasteiger partial charge is 0.239 e. The van der Waals surface area contributed by atoms with E-state index in [1.807, 2.05) is 12.1 Å². The molecule has 0 spiro atoms. The fourth-order valence-electron chi connectivity index (χ4n) is 2.48. The van der Waals surface area contributed by atoms with E-state index in [-0.39, 0.29) is 24.2 Å². The Morgan fingerprint density at radius 3 is 2.46 bits per heavy atom. The summed E-state index contributed by atoms with van der Waals surface area (Å²) in [6, 6.07) is 12.3. The van der Waals surface area contributed by atoms with E-state index in [0.29, 0.717) is 31.2 Å². The van der Waals surface area contributed by atoms with Crippen LogP contribution >= 0.6 is 46.6 Å². The molecule has 0 aliphatic carbocycles. The highest BCUT2D eigenvalue weighted by atomic mass is 35.5. The molecule has 146 valence electrons. The van der Waals surface area contributed by atoms with Gasteiger partial charge in [0.15, 0.2) is 0 Å². The normalized spacial score (nSPS) is 10.9. The highest BCUT2D eigenvalue weighted by Crippen LogP contribution is 2.35. The van der Waals surface area contributed by atoms with Crippen LogP contribution in [0.4, 0.5) is 5.88 Å². The van der Waals surface area contributed by atoms with E-state index in [2.05, 4.69) is 10.5 Å². The third kappa shape index (κ3) is 5.01. The fraction of sp³-hybridized carbons (Fsp3) is 0.158. The first-order valence-electron chi connectivity index (χ1n) is 8.09. The first-order valence-corrected chi connectivity index (χ1v) is 10.2. The second-order valence-electron chi connectivity index (χ2n) is 5.66. The maximum atomic E-state index is 12.5. The van der Waals surface area contributed by atoms with Crippen LogP contribution in [0.2, 0.25) is 15.1 Å². The number of methoxy groups -OCH3 is 1. The van der Waals surface area contributed by atoms with Gasteiger partial charge in [0.25, 0.3) is 0 Å². The molecule has 5 nitrogen and oxygen atoms in total. The molecule has 0 aliphatic rings. The highest BCUT2D eigenvalue weighted by Gasteiger charge is 2.20. The molecule has 0 fully saturated rings. The molecule has 0 atom stereocenters. The largest absolute Gasteiger partial charge is 0.378 e. The molecule has 28 heavy (non-hydrogen) atoms. The van der Waals surface area contributed by atoms with Crippen LogP contribution in [0.15, 0.2) is 51.9 Å². The number of rotatable bonds is 7. The number of thioether (sulfide) groups is 1. The van der Waals surface area contributed by atoms with Crippen molar-refractivity contribution in [1.82, 2.24) is 5.16 Å². The molecule has 9 heteroatoms.